The topological polar surface area (TPSA) is 144 Å². The fourth-order valence-corrected chi connectivity index (χ4v) is 7.13. The van der Waals surface area contributed by atoms with Crippen LogP contribution < -0.4 is 0 Å². The van der Waals surface area contributed by atoms with Gasteiger partial charge in [0.2, 0.25) is 0 Å². The molecule has 12 heteroatoms. The van der Waals surface area contributed by atoms with E-state index in [4.69, 9.17) is 28.4 Å². The zero-order valence-corrected chi connectivity index (χ0v) is 36.5. The number of nitrogens with zero attached hydrogens (tertiary/aromatic N) is 1. The first-order valence-corrected chi connectivity index (χ1v) is 22.6. The van der Waals surface area contributed by atoms with Crippen molar-refractivity contribution < 1.29 is 52.4 Å². The molecule has 2 saturated heterocycles. The van der Waals surface area contributed by atoms with Gasteiger partial charge in [-0.15, -0.1) is 0 Å². The maximum absolute atomic E-state index is 13.0. The first-order valence-electron chi connectivity index (χ1n) is 22.6. The van der Waals surface area contributed by atoms with Gasteiger partial charge in [0.25, 0.3) is 0 Å². The summed E-state index contributed by atoms with van der Waals surface area (Å²) in [5, 5.41) is 0. The number of esters is 5. The van der Waals surface area contributed by atoms with Crippen molar-refractivity contribution in [1.82, 2.24) is 4.90 Å². The molecule has 12 nitrogen and oxygen atoms in total. The highest BCUT2D eigenvalue weighted by Gasteiger charge is 2.45. The number of hydrogen-bond acceptors (Lipinski definition) is 12. The van der Waals surface area contributed by atoms with Crippen LogP contribution in [0.4, 0.5) is 0 Å². The van der Waals surface area contributed by atoms with E-state index in [1.165, 1.54) is 38.5 Å². The summed E-state index contributed by atoms with van der Waals surface area (Å²) in [6.45, 7) is 8.16. The van der Waals surface area contributed by atoms with E-state index in [1.54, 1.807) is 0 Å². The van der Waals surface area contributed by atoms with E-state index in [9.17, 15) is 24.0 Å². The minimum atomic E-state index is -0.912. The highest BCUT2D eigenvalue weighted by Crippen LogP contribution is 2.31. The Morgan fingerprint density at radius 3 is 1.59 bits per heavy atom. The molecule has 2 fully saturated rings. The van der Waals surface area contributed by atoms with Crippen LogP contribution in [0.1, 0.15) is 168 Å². The van der Waals surface area contributed by atoms with Gasteiger partial charge in [-0.25, -0.2) is 0 Å². The van der Waals surface area contributed by atoms with Gasteiger partial charge in [0.15, 0.2) is 12.2 Å². The van der Waals surface area contributed by atoms with E-state index in [0.29, 0.717) is 64.7 Å². The predicted molar refractivity (Wildman–Crippen MR) is 224 cm³/mol. The van der Waals surface area contributed by atoms with Gasteiger partial charge in [0, 0.05) is 32.2 Å². The first kappa shape index (κ1) is 50.9. The third kappa shape index (κ3) is 23.4. The monoisotopic (exact) mass is 820 g/mol. The van der Waals surface area contributed by atoms with Gasteiger partial charge in [-0.1, -0.05) is 102 Å². The van der Waals surface area contributed by atoms with Gasteiger partial charge in [-0.05, 0) is 78.3 Å². The average Bonchev–Trinajstić information content (AvgIpc) is 3.75. The standard InChI is InChI=1S/C46H77NO11/c1-5-7-9-11-13-19-25-33-53-40(48)27-21-15-17-23-29-42(50)57-39-36-55-38(35-56-45(52)46(3)31-32-47(4)37-46)44(39)58-43(51)30-24-18-16-22-28-41(49)54-34-26-20-14-12-10-8-6-2/h19-20,25-26,38-39,44H,5-18,21-24,27-37H2,1-4H3/b25-19-,26-20-/t38-,39+,44+,46?/m1/s1. The summed E-state index contributed by atoms with van der Waals surface area (Å²) < 4.78 is 33.7. The number of rotatable bonds is 33. The summed E-state index contributed by atoms with van der Waals surface area (Å²) in [5.74, 6) is -1.64. The quantitative estimate of drug-likeness (QED) is 0.0270. The van der Waals surface area contributed by atoms with Gasteiger partial charge < -0.3 is 33.3 Å². The molecule has 0 aromatic rings. The van der Waals surface area contributed by atoms with Crippen molar-refractivity contribution in [2.75, 3.05) is 46.6 Å². The third-order valence-corrected chi connectivity index (χ3v) is 10.8. The number of unbranched alkanes of at least 4 members (excludes halogenated alkanes) is 14. The molecule has 4 atom stereocenters. The van der Waals surface area contributed by atoms with Crippen LogP contribution >= 0.6 is 0 Å². The third-order valence-electron chi connectivity index (χ3n) is 10.8. The Morgan fingerprint density at radius 1 is 0.621 bits per heavy atom. The highest BCUT2D eigenvalue weighted by atomic mass is 16.6. The van der Waals surface area contributed by atoms with Crippen molar-refractivity contribution in [2.24, 2.45) is 5.41 Å². The zero-order chi connectivity index (χ0) is 42.3. The lowest BCUT2D eigenvalue weighted by Crippen LogP contribution is -2.41. The van der Waals surface area contributed by atoms with Crippen molar-refractivity contribution in [3.8, 4) is 0 Å². The van der Waals surface area contributed by atoms with E-state index in [0.717, 1.165) is 57.9 Å². The van der Waals surface area contributed by atoms with Crippen molar-refractivity contribution in [3.05, 3.63) is 24.3 Å². The maximum atomic E-state index is 13.0. The molecule has 2 aliphatic rings. The van der Waals surface area contributed by atoms with Crippen LogP contribution in [0.5, 0.6) is 0 Å². The Bertz CT molecular complexity index is 1240. The minimum absolute atomic E-state index is 0.0208. The largest absolute Gasteiger partial charge is 0.462 e. The van der Waals surface area contributed by atoms with E-state index >= 15 is 0 Å². The zero-order valence-electron chi connectivity index (χ0n) is 36.5. The lowest BCUT2D eigenvalue weighted by molar-refractivity contribution is -0.170. The molecule has 0 saturated carbocycles. The summed E-state index contributed by atoms with van der Waals surface area (Å²) in [6, 6.07) is 0. The molecule has 0 N–H and O–H groups in total. The number of ether oxygens (including phenoxy) is 6. The second-order valence-corrected chi connectivity index (χ2v) is 16.3. The summed E-state index contributed by atoms with van der Waals surface area (Å²) in [6.07, 6.45) is 24.4. The maximum Gasteiger partial charge on any atom is 0.313 e. The fraction of sp³-hybridized carbons (Fsp3) is 0.804. The minimum Gasteiger partial charge on any atom is -0.462 e. The smallest absolute Gasteiger partial charge is 0.313 e. The normalized spacial score (nSPS) is 20.8. The summed E-state index contributed by atoms with van der Waals surface area (Å²) in [4.78, 5) is 65.1. The van der Waals surface area contributed by atoms with E-state index in [-0.39, 0.29) is 44.0 Å². The van der Waals surface area contributed by atoms with Crippen molar-refractivity contribution >= 4 is 29.8 Å². The average molecular weight is 820 g/mol. The molecule has 332 valence electrons. The summed E-state index contributed by atoms with van der Waals surface area (Å²) in [5.41, 5.74) is -0.627. The number of carbonyl (C=O) groups is 5. The molecule has 0 aromatic carbocycles. The van der Waals surface area contributed by atoms with Crippen LogP contribution in [0.2, 0.25) is 0 Å². The molecule has 2 heterocycles. The lowest BCUT2D eigenvalue weighted by Gasteiger charge is -2.25. The van der Waals surface area contributed by atoms with Crippen LogP contribution in [0, 0.1) is 5.41 Å². The molecular formula is C46H77NO11. The molecule has 2 aliphatic heterocycles. The van der Waals surface area contributed by atoms with Crippen LogP contribution in [-0.2, 0) is 52.4 Å². The van der Waals surface area contributed by atoms with E-state index in [1.807, 2.05) is 26.1 Å². The Hall–Kier alpha value is -3.25. The number of carbonyl (C=O) groups excluding carboxylic acids is 5. The van der Waals surface area contributed by atoms with Crippen LogP contribution in [0.25, 0.3) is 0 Å². The number of likely N-dealkylation sites (tertiary alicyclic amines) is 1. The summed E-state index contributed by atoms with van der Waals surface area (Å²) >= 11 is 0. The number of hydrogen-bond donors (Lipinski definition) is 0. The molecule has 1 unspecified atom stereocenters. The van der Waals surface area contributed by atoms with Gasteiger partial charge in [0.05, 0.1) is 12.0 Å². The SMILES string of the molecule is CCCCCC/C=C\COC(=O)CCCCCCC(=O)O[C@@H]1[C@@H](OC(=O)CCCCCCC(=O)OC/C=C\CCCCCC)CO[C@@H]1COC(=O)C1(C)CCN(C)C1. The van der Waals surface area contributed by atoms with E-state index in [2.05, 4.69) is 30.9 Å². The van der Waals surface area contributed by atoms with Crippen LogP contribution in [0.3, 0.4) is 0 Å². The highest BCUT2D eigenvalue weighted by molar-refractivity contribution is 5.77. The Morgan fingerprint density at radius 2 is 1.10 bits per heavy atom. The summed E-state index contributed by atoms with van der Waals surface area (Å²) in [7, 11) is 1.96. The lowest BCUT2D eigenvalue weighted by atomic mass is 9.90. The molecule has 0 amide bonds. The second kappa shape index (κ2) is 31.6. The molecule has 58 heavy (non-hydrogen) atoms. The van der Waals surface area contributed by atoms with Gasteiger partial charge >= 0.3 is 29.8 Å². The molecule has 0 spiro atoms. The molecule has 0 bridgehead atoms. The molecule has 0 aromatic heterocycles. The molecule has 0 aliphatic carbocycles. The van der Waals surface area contributed by atoms with Gasteiger partial charge in [0.1, 0.15) is 25.9 Å². The second-order valence-electron chi connectivity index (χ2n) is 16.3. The van der Waals surface area contributed by atoms with Crippen molar-refractivity contribution in [2.45, 2.75) is 187 Å². The van der Waals surface area contributed by atoms with Gasteiger partial charge in [-0.2, -0.15) is 0 Å². The molecular weight excluding hydrogens is 743 g/mol. The molecule has 2 rings (SSSR count). The predicted octanol–water partition coefficient (Wildman–Crippen LogP) is 8.91. The Kier molecular flexibility index (Phi) is 27.8. The Balaban J connectivity index is 1.72. The molecule has 0 radical (unpaired) electrons. The Labute approximate surface area is 349 Å². The fourth-order valence-electron chi connectivity index (χ4n) is 7.13. The van der Waals surface area contributed by atoms with Crippen molar-refractivity contribution in [1.29, 1.82) is 0 Å². The number of allylic oxidation sites excluding steroid dienone is 2. The van der Waals surface area contributed by atoms with Crippen molar-refractivity contribution in [3.63, 3.8) is 0 Å². The first-order chi connectivity index (χ1) is 28.1. The van der Waals surface area contributed by atoms with E-state index < -0.39 is 35.7 Å². The van der Waals surface area contributed by atoms with Gasteiger partial charge in [-0.3, -0.25) is 24.0 Å². The van der Waals surface area contributed by atoms with Crippen LogP contribution in [-0.4, -0.2) is 99.6 Å². The van der Waals surface area contributed by atoms with Crippen LogP contribution in [0.15, 0.2) is 24.3 Å².